The van der Waals surface area contributed by atoms with Crippen LogP contribution in [0, 0.1) is 0 Å². The van der Waals surface area contributed by atoms with Gasteiger partial charge in [-0.2, -0.15) is 0 Å². The van der Waals surface area contributed by atoms with Gasteiger partial charge in [-0.3, -0.25) is 9.59 Å². The summed E-state index contributed by atoms with van der Waals surface area (Å²) in [4.78, 5) is 24.9. The molecule has 4 nitrogen and oxygen atoms in total. The minimum absolute atomic E-state index is 0.320. The van der Waals surface area contributed by atoms with E-state index < -0.39 is 6.10 Å². The lowest BCUT2D eigenvalue weighted by Crippen LogP contribution is -2.29. The quantitative estimate of drug-likeness (QED) is 0.793. The minimum Gasteiger partial charge on any atom is -0.453 e. The van der Waals surface area contributed by atoms with Crippen molar-refractivity contribution in [3.8, 4) is 0 Å². The van der Waals surface area contributed by atoms with Gasteiger partial charge in [0.15, 0.2) is 6.10 Å². The number of esters is 1. The van der Waals surface area contributed by atoms with Crippen molar-refractivity contribution in [2.45, 2.75) is 32.3 Å². The highest BCUT2D eigenvalue weighted by Gasteiger charge is 2.17. The zero-order valence-corrected chi connectivity index (χ0v) is 13.3. The third-order valence-electron chi connectivity index (χ3n) is 3.10. The molecule has 0 radical (unpaired) electrons. The van der Waals surface area contributed by atoms with Crippen molar-refractivity contribution in [3.63, 3.8) is 0 Å². The average Bonchev–Trinajstić information content (AvgIpc) is 3.01. The first-order chi connectivity index (χ1) is 10.6. The zero-order valence-electron chi connectivity index (χ0n) is 12.5. The number of ether oxygens (including phenoxy) is 1. The number of hydrogen-bond acceptors (Lipinski definition) is 4. The maximum absolute atomic E-state index is 11.9. The van der Waals surface area contributed by atoms with Crippen LogP contribution in [0.2, 0.25) is 0 Å². The summed E-state index contributed by atoms with van der Waals surface area (Å²) in [6.45, 7) is 1.58. The normalized spacial score (nSPS) is 11.7. The molecule has 0 aliphatic heterocycles. The van der Waals surface area contributed by atoms with Crippen LogP contribution in [0.4, 0.5) is 5.69 Å². The standard InChI is InChI=1S/C17H19NO3S/c1-13(17(20)18-14-7-3-2-4-8-14)21-16(19)11-5-9-15-10-6-12-22-15/h2-4,6-8,10,12-13H,5,9,11H2,1H3,(H,18,20). The largest absolute Gasteiger partial charge is 0.453 e. The molecule has 116 valence electrons. The number of carbonyl (C=O) groups is 2. The molecule has 1 N–H and O–H groups in total. The minimum atomic E-state index is -0.797. The van der Waals surface area contributed by atoms with Crippen LogP contribution in [0.25, 0.3) is 0 Å². The van der Waals surface area contributed by atoms with Crippen LogP contribution in [0.1, 0.15) is 24.6 Å². The number of thiophene rings is 1. The molecule has 2 rings (SSSR count). The molecule has 5 heteroatoms. The van der Waals surface area contributed by atoms with E-state index in [4.69, 9.17) is 4.74 Å². The van der Waals surface area contributed by atoms with E-state index in [9.17, 15) is 9.59 Å². The Bertz CT molecular complexity index is 596. The van der Waals surface area contributed by atoms with E-state index in [1.54, 1.807) is 30.4 Å². The van der Waals surface area contributed by atoms with Crippen molar-refractivity contribution < 1.29 is 14.3 Å². The lowest BCUT2D eigenvalue weighted by Gasteiger charge is -2.13. The highest BCUT2D eigenvalue weighted by molar-refractivity contribution is 7.09. The molecule has 1 aromatic carbocycles. The van der Waals surface area contributed by atoms with Crippen LogP contribution in [0.15, 0.2) is 47.8 Å². The Morgan fingerprint density at radius 1 is 1.18 bits per heavy atom. The van der Waals surface area contributed by atoms with E-state index in [0.717, 1.165) is 12.8 Å². The van der Waals surface area contributed by atoms with Crippen molar-refractivity contribution in [3.05, 3.63) is 52.7 Å². The van der Waals surface area contributed by atoms with Gasteiger partial charge in [-0.15, -0.1) is 11.3 Å². The summed E-state index contributed by atoms with van der Waals surface area (Å²) in [5.41, 5.74) is 0.688. The van der Waals surface area contributed by atoms with Crippen LogP contribution in [0.3, 0.4) is 0 Å². The third kappa shape index (κ3) is 5.33. The van der Waals surface area contributed by atoms with E-state index in [-0.39, 0.29) is 11.9 Å². The van der Waals surface area contributed by atoms with Crippen molar-refractivity contribution >= 4 is 28.9 Å². The Morgan fingerprint density at radius 3 is 2.64 bits per heavy atom. The van der Waals surface area contributed by atoms with Crippen molar-refractivity contribution in [2.75, 3.05) is 5.32 Å². The highest BCUT2D eigenvalue weighted by atomic mass is 32.1. The molecule has 0 fully saturated rings. The summed E-state index contributed by atoms with van der Waals surface area (Å²) in [7, 11) is 0. The summed E-state index contributed by atoms with van der Waals surface area (Å²) in [6.07, 6.45) is 1.11. The molecule has 0 aliphatic carbocycles. The van der Waals surface area contributed by atoms with Gasteiger partial charge in [0.05, 0.1) is 0 Å². The van der Waals surface area contributed by atoms with Crippen molar-refractivity contribution in [2.24, 2.45) is 0 Å². The maximum atomic E-state index is 11.9. The average molecular weight is 317 g/mol. The zero-order chi connectivity index (χ0) is 15.8. The van der Waals surface area contributed by atoms with Crippen LogP contribution < -0.4 is 5.32 Å². The fourth-order valence-electron chi connectivity index (χ4n) is 1.94. The van der Waals surface area contributed by atoms with Crippen LogP contribution in [-0.4, -0.2) is 18.0 Å². The lowest BCUT2D eigenvalue weighted by atomic mass is 10.2. The molecule has 1 aromatic heterocycles. The first kappa shape index (κ1) is 16.2. The number of amides is 1. The molecule has 1 atom stereocenters. The summed E-state index contributed by atoms with van der Waals surface area (Å²) in [6, 6.07) is 13.1. The van der Waals surface area contributed by atoms with E-state index in [2.05, 4.69) is 5.32 Å². The molecule has 0 spiro atoms. The Morgan fingerprint density at radius 2 is 1.95 bits per heavy atom. The Balaban J connectivity index is 1.70. The monoisotopic (exact) mass is 317 g/mol. The fraction of sp³-hybridized carbons (Fsp3) is 0.294. The van der Waals surface area contributed by atoms with Gasteiger partial charge in [0.1, 0.15) is 0 Å². The van der Waals surface area contributed by atoms with Gasteiger partial charge < -0.3 is 10.1 Å². The Labute approximate surface area is 134 Å². The van der Waals surface area contributed by atoms with Gasteiger partial charge in [0, 0.05) is 17.0 Å². The second-order valence-electron chi connectivity index (χ2n) is 4.92. The molecule has 1 amide bonds. The van der Waals surface area contributed by atoms with E-state index >= 15 is 0 Å². The van der Waals surface area contributed by atoms with E-state index in [1.165, 1.54) is 4.88 Å². The molecule has 22 heavy (non-hydrogen) atoms. The third-order valence-corrected chi connectivity index (χ3v) is 4.04. The Kier molecular flexibility index (Phi) is 6.15. The molecule has 0 saturated heterocycles. The number of nitrogens with one attached hydrogen (secondary N) is 1. The lowest BCUT2D eigenvalue weighted by molar-refractivity contribution is -0.153. The topological polar surface area (TPSA) is 55.4 Å². The van der Waals surface area contributed by atoms with Gasteiger partial charge in [-0.25, -0.2) is 0 Å². The van der Waals surface area contributed by atoms with Crippen LogP contribution in [0.5, 0.6) is 0 Å². The van der Waals surface area contributed by atoms with Crippen LogP contribution in [-0.2, 0) is 20.7 Å². The Hall–Kier alpha value is -2.14. The summed E-state index contributed by atoms with van der Waals surface area (Å²) >= 11 is 1.68. The number of para-hydroxylation sites is 1. The van der Waals surface area contributed by atoms with Gasteiger partial charge in [-0.05, 0) is 43.3 Å². The number of anilines is 1. The predicted molar refractivity (Wildman–Crippen MR) is 87.9 cm³/mol. The highest BCUT2D eigenvalue weighted by Crippen LogP contribution is 2.13. The number of hydrogen-bond donors (Lipinski definition) is 1. The van der Waals surface area contributed by atoms with Crippen LogP contribution >= 0.6 is 11.3 Å². The van der Waals surface area contributed by atoms with Crippen molar-refractivity contribution in [1.82, 2.24) is 0 Å². The molecule has 1 heterocycles. The number of benzene rings is 1. The number of carbonyl (C=O) groups excluding carboxylic acids is 2. The molecule has 0 aliphatic rings. The number of rotatable bonds is 7. The second kappa shape index (κ2) is 8.34. The van der Waals surface area contributed by atoms with E-state index in [1.807, 2.05) is 35.7 Å². The first-order valence-electron chi connectivity index (χ1n) is 7.23. The second-order valence-corrected chi connectivity index (χ2v) is 5.95. The molecular weight excluding hydrogens is 298 g/mol. The fourth-order valence-corrected chi connectivity index (χ4v) is 2.69. The molecule has 1 unspecified atom stereocenters. The summed E-state index contributed by atoms with van der Waals surface area (Å²) in [5, 5.41) is 4.73. The van der Waals surface area contributed by atoms with Crippen molar-refractivity contribution in [1.29, 1.82) is 0 Å². The summed E-state index contributed by atoms with van der Waals surface area (Å²) < 4.78 is 5.16. The molecule has 0 saturated carbocycles. The van der Waals surface area contributed by atoms with Gasteiger partial charge >= 0.3 is 5.97 Å². The molecular formula is C17H19NO3S. The van der Waals surface area contributed by atoms with Gasteiger partial charge in [0.2, 0.25) is 0 Å². The maximum Gasteiger partial charge on any atom is 0.306 e. The molecule has 0 bridgehead atoms. The summed E-state index contributed by atoms with van der Waals surface area (Å²) in [5.74, 6) is -0.662. The SMILES string of the molecule is CC(OC(=O)CCCc1cccs1)C(=O)Nc1ccccc1. The molecule has 2 aromatic rings. The first-order valence-corrected chi connectivity index (χ1v) is 8.11. The van der Waals surface area contributed by atoms with Gasteiger partial charge in [-0.1, -0.05) is 24.3 Å². The smallest absolute Gasteiger partial charge is 0.306 e. The van der Waals surface area contributed by atoms with E-state index in [0.29, 0.717) is 12.1 Å². The van der Waals surface area contributed by atoms with Gasteiger partial charge in [0.25, 0.3) is 5.91 Å². The predicted octanol–water partition coefficient (Wildman–Crippen LogP) is 3.64. The number of aryl methyl sites for hydroxylation is 1.